The molecule has 0 aliphatic heterocycles. The topological polar surface area (TPSA) is 50.5 Å². The van der Waals surface area contributed by atoms with Gasteiger partial charge in [-0.1, -0.05) is 12.1 Å². The predicted octanol–water partition coefficient (Wildman–Crippen LogP) is 2.78. The van der Waals surface area contributed by atoms with Crippen LogP contribution in [0.3, 0.4) is 0 Å². The molecule has 0 radical (unpaired) electrons. The van der Waals surface area contributed by atoms with Crippen LogP contribution in [0.1, 0.15) is 35.2 Å². The number of ether oxygens (including phenoxy) is 1. The Balaban J connectivity index is 1.91. The second kappa shape index (κ2) is 7.81. The lowest BCUT2D eigenvalue weighted by molar-refractivity contribution is 0.0649. The van der Waals surface area contributed by atoms with Gasteiger partial charge < -0.3 is 9.84 Å². The summed E-state index contributed by atoms with van der Waals surface area (Å²) >= 11 is 0. The number of aliphatic hydroxyl groups is 1. The van der Waals surface area contributed by atoms with E-state index in [1.54, 1.807) is 4.68 Å². The van der Waals surface area contributed by atoms with Crippen molar-refractivity contribution < 1.29 is 9.84 Å². The highest BCUT2D eigenvalue weighted by molar-refractivity contribution is 5.44. The maximum Gasteiger partial charge on any atom is 0.125 e. The third kappa shape index (κ3) is 4.36. The molecule has 0 saturated carbocycles. The van der Waals surface area contributed by atoms with E-state index in [0.29, 0.717) is 6.54 Å². The van der Waals surface area contributed by atoms with Crippen LogP contribution in [-0.2, 0) is 7.05 Å². The average molecular weight is 331 g/mol. The Bertz CT molecular complexity index is 681. The molecule has 24 heavy (non-hydrogen) atoms. The summed E-state index contributed by atoms with van der Waals surface area (Å²) in [4.78, 5) is 2.11. The Hall–Kier alpha value is -1.85. The van der Waals surface area contributed by atoms with E-state index in [1.807, 2.05) is 33.4 Å². The number of benzene rings is 1. The molecule has 2 rings (SSSR count). The molecule has 1 N–H and O–H groups in total. The van der Waals surface area contributed by atoms with Crippen molar-refractivity contribution in [3.63, 3.8) is 0 Å². The highest BCUT2D eigenvalue weighted by Gasteiger charge is 2.17. The maximum atomic E-state index is 10.3. The van der Waals surface area contributed by atoms with Crippen LogP contribution in [0.15, 0.2) is 24.5 Å². The molecule has 0 aliphatic carbocycles. The van der Waals surface area contributed by atoms with Gasteiger partial charge in [0.15, 0.2) is 0 Å². The van der Waals surface area contributed by atoms with Gasteiger partial charge in [-0.25, -0.2) is 0 Å². The van der Waals surface area contributed by atoms with Gasteiger partial charge in [0.2, 0.25) is 0 Å². The van der Waals surface area contributed by atoms with Crippen molar-refractivity contribution in [2.75, 3.05) is 20.2 Å². The number of nitrogens with zero attached hydrogens (tertiary/aromatic N) is 3. The van der Waals surface area contributed by atoms with Crippen LogP contribution < -0.4 is 4.74 Å². The normalized spacial score (nSPS) is 14.0. The van der Waals surface area contributed by atoms with E-state index >= 15 is 0 Å². The van der Waals surface area contributed by atoms with Gasteiger partial charge in [0.05, 0.1) is 6.20 Å². The lowest BCUT2D eigenvalue weighted by Crippen LogP contribution is -2.34. The summed E-state index contributed by atoms with van der Waals surface area (Å²) < 4.78 is 7.70. The molecule has 0 saturated heterocycles. The molecular weight excluding hydrogens is 302 g/mol. The Morgan fingerprint density at radius 1 is 1.25 bits per heavy atom. The van der Waals surface area contributed by atoms with Crippen LogP contribution in [0.4, 0.5) is 0 Å². The number of rotatable bonds is 7. The molecule has 0 amide bonds. The first-order valence-corrected chi connectivity index (χ1v) is 8.36. The highest BCUT2D eigenvalue weighted by Crippen LogP contribution is 2.26. The Labute approximate surface area is 144 Å². The van der Waals surface area contributed by atoms with Crippen LogP contribution in [0.2, 0.25) is 0 Å². The molecule has 2 unspecified atom stereocenters. The van der Waals surface area contributed by atoms with E-state index in [4.69, 9.17) is 4.74 Å². The van der Waals surface area contributed by atoms with Gasteiger partial charge in [-0.3, -0.25) is 9.58 Å². The van der Waals surface area contributed by atoms with Crippen LogP contribution in [0, 0.1) is 20.8 Å². The van der Waals surface area contributed by atoms with Crippen molar-refractivity contribution >= 4 is 0 Å². The minimum atomic E-state index is -0.548. The fourth-order valence-electron chi connectivity index (χ4n) is 2.78. The summed E-state index contributed by atoms with van der Waals surface area (Å²) in [6.07, 6.45) is 3.32. The zero-order valence-corrected chi connectivity index (χ0v) is 15.6. The number of hydrogen-bond acceptors (Lipinski definition) is 4. The minimum absolute atomic E-state index is 0.191. The predicted molar refractivity (Wildman–Crippen MR) is 96.4 cm³/mol. The van der Waals surface area contributed by atoms with Crippen LogP contribution in [0.5, 0.6) is 5.75 Å². The summed E-state index contributed by atoms with van der Waals surface area (Å²) in [7, 11) is 3.91. The van der Waals surface area contributed by atoms with Gasteiger partial charge in [0, 0.05) is 31.4 Å². The molecular formula is C19H29N3O2. The van der Waals surface area contributed by atoms with Crippen molar-refractivity contribution in [1.82, 2.24) is 14.7 Å². The molecule has 0 fully saturated rings. The van der Waals surface area contributed by atoms with Crippen LogP contribution >= 0.6 is 0 Å². The van der Waals surface area contributed by atoms with Crippen molar-refractivity contribution in [3.8, 4) is 5.75 Å². The van der Waals surface area contributed by atoms with E-state index in [-0.39, 0.29) is 12.6 Å². The first-order valence-electron chi connectivity index (χ1n) is 8.36. The molecule has 0 spiro atoms. The van der Waals surface area contributed by atoms with E-state index in [2.05, 4.69) is 42.9 Å². The largest absolute Gasteiger partial charge is 0.490 e. The average Bonchev–Trinajstić information content (AvgIpc) is 2.96. The number of hydrogen-bond donors (Lipinski definition) is 1. The molecule has 0 aliphatic rings. The van der Waals surface area contributed by atoms with Crippen LogP contribution in [-0.4, -0.2) is 46.1 Å². The molecule has 5 heteroatoms. The number of likely N-dealkylation sites (N-methyl/N-ethyl adjacent to an activating group) is 1. The maximum absolute atomic E-state index is 10.3. The molecule has 1 heterocycles. The zero-order chi connectivity index (χ0) is 17.9. The van der Waals surface area contributed by atoms with E-state index in [1.165, 1.54) is 5.56 Å². The number of aromatic nitrogens is 2. The lowest BCUT2D eigenvalue weighted by atomic mass is 10.1. The molecule has 1 aromatic carbocycles. The second-order valence-corrected chi connectivity index (χ2v) is 6.68. The monoisotopic (exact) mass is 331 g/mol. The summed E-state index contributed by atoms with van der Waals surface area (Å²) in [5.41, 5.74) is 4.58. The molecule has 0 bridgehead atoms. The Morgan fingerprint density at radius 3 is 2.54 bits per heavy atom. The van der Waals surface area contributed by atoms with Gasteiger partial charge in [-0.15, -0.1) is 0 Å². The Kier molecular flexibility index (Phi) is 6.02. The van der Waals surface area contributed by atoms with Crippen molar-refractivity contribution in [2.24, 2.45) is 7.05 Å². The fraction of sp³-hybridized carbons (Fsp3) is 0.526. The van der Waals surface area contributed by atoms with Crippen molar-refractivity contribution in [1.29, 1.82) is 0 Å². The smallest absolute Gasteiger partial charge is 0.125 e. The number of aryl methyl sites for hydroxylation is 3. The summed E-state index contributed by atoms with van der Waals surface area (Å²) in [5, 5.41) is 14.6. The third-order valence-corrected chi connectivity index (χ3v) is 4.66. The highest BCUT2D eigenvalue weighted by atomic mass is 16.5. The van der Waals surface area contributed by atoms with E-state index in [9.17, 15) is 5.11 Å². The first-order chi connectivity index (χ1) is 11.3. The van der Waals surface area contributed by atoms with Gasteiger partial charge in [-0.2, -0.15) is 5.10 Å². The molecule has 2 aromatic rings. The summed E-state index contributed by atoms with van der Waals surface area (Å²) in [6.45, 7) is 9.10. The van der Waals surface area contributed by atoms with Gasteiger partial charge >= 0.3 is 0 Å². The van der Waals surface area contributed by atoms with E-state index in [0.717, 1.165) is 22.4 Å². The molecule has 2 atom stereocenters. The minimum Gasteiger partial charge on any atom is -0.490 e. The number of aliphatic hydroxyl groups excluding tert-OH is 1. The zero-order valence-electron chi connectivity index (χ0n) is 15.6. The summed E-state index contributed by atoms with van der Waals surface area (Å²) in [6, 6.07) is 4.34. The van der Waals surface area contributed by atoms with Crippen molar-refractivity contribution in [3.05, 3.63) is 46.8 Å². The van der Waals surface area contributed by atoms with Gasteiger partial charge in [-0.05, 0) is 51.4 Å². The molecule has 1 aromatic heterocycles. The van der Waals surface area contributed by atoms with Crippen molar-refractivity contribution in [2.45, 2.75) is 39.8 Å². The fourth-order valence-corrected chi connectivity index (χ4v) is 2.78. The SMILES string of the molecule is Cc1ccc(C)c(OCC(O)CN(C)C(C)c2cnn(C)c2)c1C. The Morgan fingerprint density at radius 2 is 1.92 bits per heavy atom. The standard InChI is InChI=1S/C19H29N3O2/c1-13-7-8-14(2)19(15(13)3)24-12-18(23)11-21(5)16(4)17-9-20-22(6)10-17/h7-10,16,18,23H,11-12H2,1-6H3. The molecule has 132 valence electrons. The third-order valence-electron chi connectivity index (χ3n) is 4.66. The molecule has 5 nitrogen and oxygen atoms in total. The van der Waals surface area contributed by atoms with Crippen LogP contribution in [0.25, 0.3) is 0 Å². The van der Waals surface area contributed by atoms with Gasteiger partial charge in [0.25, 0.3) is 0 Å². The quantitative estimate of drug-likeness (QED) is 0.847. The lowest BCUT2D eigenvalue weighted by Gasteiger charge is -2.26. The van der Waals surface area contributed by atoms with E-state index < -0.39 is 6.10 Å². The van der Waals surface area contributed by atoms with Gasteiger partial charge in [0.1, 0.15) is 18.5 Å². The summed E-state index contributed by atoms with van der Waals surface area (Å²) in [5.74, 6) is 0.886. The first kappa shape index (κ1) is 18.5. The second-order valence-electron chi connectivity index (χ2n) is 6.68.